The number of phenols is 6. The summed E-state index contributed by atoms with van der Waals surface area (Å²) < 4.78 is 11.2. The quantitative estimate of drug-likeness (QED) is 0.376. The molecule has 27 heavy (non-hydrogen) atoms. The number of hydrogen-bond acceptors (Lipinski definition) is 9. The van der Waals surface area contributed by atoms with Crippen LogP contribution in [0.4, 0.5) is 0 Å². The Kier molecular flexibility index (Phi) is 3.31. The Labute approximate surface area is 152 Å². The first kappa shape index (κ1) is 17.3. The molecule has 0 aliphatic carbocycles. The molecule has 0 saturated carbocycles. The van der Waals surface area contributed by atoms with E-state index < -0.39 is 46.1 Å². The van der Waals surface area contributed by atoms with Gasteiger partial charge >= 0.3 is 0 Å². The van der Waals surface area contributed by atoms with Crippen molar-refractivity contribution >= 4 is 5.78 Å². The lowest BCUT2D eigenvalue weighted by atomic mass is 9.85. The first-order chi connectivity index (χ1) is 12.6. The van der Waals surface area contributed by atoms with Crippen molar-refractivity contribution in [1.82, 2.24) is 0 Å². The molecule has 6 N–H and O–H groups in total. The summed E-state index contributed by atoms with van der Waals surface area (Å²) in [5.41, 5.74) is 0.291. The molecular weight excluding hydrogens is 360 g/mol. The molecule has 4 rings (SSSR count). The third-order valence-electron chi connectivity index (χ3n) is 5.28. The lowest BCUT2D eigenvalue weighted by molar-refractivity contribution is -0.213. The maximum absolute atomic E-state index is 13.2. The molecule has 0 saturated heterocycles. The number of benzene rings is 2. The van der Waals surface area contributed by atoms with Crippen LogP contribution in [-0.4, -0.2) is 36.4 Å². The van der Waals surface area contributed by atoms with Gasteiger partial charge in [0.2, 0.25) is 17.3 Å². The second-order valence-electron chi connectivity index (χ2n) is 6.57. The first-order valence-corrected chi connectivity index (χ1v) is 7.99. The highest BCUT2D eigenvalue weighted by Gasteiger charge is 2.56. The molecule has 1 atom stereocenters. The van der Waals surface area contributed by atoms with Crippen LogP contribution >= 0.6 is 0 Å². The fraction of sp³-hybridized carbons (Fsp3) is 0.278. The van der Waals surface area contributed by atoms with Gasteiger partial charge in [0.1, 0.15) is 0 Å². The van der Waals surface area contributed by atoms with Gasteiger partial charge < -0.3 is 40.1 Å². The van der Waals surface area contributed by atoms with Gasteiger partial charge in [-0.3, -0.25) is 4.79 Å². The van der Waals surface area contributed by atoms with Crippen LogP contribution in [0.25, 0.3) is 0 Å². The second-order valence-corrected chi connectivity index (χ2v) is 6.57. The number of carbonyl (C=O) groups is 1. The van der Waals surface area contributed by atoms with Gasteiger partial charge in [-0.2, -0.15) is 0 Å². The lowest BCUT2D eigenvalue weighted by Gasteiger charge is -2.34. The third kappa shape index (κ3) is 1.87. The summed E-state index contributed by atoms with van der Waals surface area (Å²) in [5, 5.41) is 60.3. The van der Waals surface area contributed by atoms with E-state index in [1.807, 2.05) is 0 Å². The third-order valence-corrected chi connectivity index (χ3v) is 5.28. The average molecular weight is 376 g/mol. The smallest absolute Gasteiger partial charge is 0.266 e. The molecule has 0 fully saturated rings. The van der Waals surface area contributed by atoms with Crippen LogP contribution in [0.2, 0.25) is 0 Å². The highest BCUT2D eigenvalue weighted by Crippen LogP contribution is 2.56. The standard InChI is InChI=1S/C18H16O9/c1-5-7-3-26-18(17(25)9(7)13(21)15(23)11(5)19)10-8(4-27-18)6(2)12(20)16(24)14(10)22/h19-24H,3-4H2,1-2H3/t18-/m0/s1. The molecule has 0 radical (unpaired) electrons. The minimum atomic E-state index is -2.17. The number of fused-ring (bicyclic) bond motifs is 3. The molecule has 1 spiro atoms. The minimum absolute atomic E-state index is 0.149. The molecule has 2 aliphatic rings. The van der Waals surface area contributed by atoms with E-state index in [0.29, 0.717) is 0 Å². The fourth-order valence-electron chi connectivity index (χ4n) is 3.67. The van der Waals surface area contributed by atoms with Crippen molar-refractivity contribution in [3.63, 3.8) is 0 Å². The molecular formula is C18H16O9. The lowest BCUT2D eigenvalue weighted by Crippen LogP contribution is -2.42. The van der Waals surface area contributed by atoms with Gasteiger partial charge in [0, 0.05) is 11.1 Å². The number of ketones is 1. The summed E-state index contributed by atoms with van der Waals surface area (Å²) in [6.07, 6.45) is 0. The summed E-state index contributed by atoms with van der Waals surface area (Å²) in [7, 11) is 0. The van der Waals surface area contributed by atoms with Crippen LogP contribution in [0, 0.1) is 13.8 Å². The number of rotatable bonds is 0. The molecule has 0 amide bonds. The molecule has 9 heteroatoms. The topological polar surface area (TPSA) is 157 Å². The van der Waals surface area contributed by atoms with Gasteiger partial charge in [0.25, 0.3) is 5.79 Å². The average Bonchev–Trinajstić information content (AvgIpc) is 3.03. The molecule has 9 nitrogen and oxygen atoms in total. The van der Waals surface area contributed by atoms with Crippen molar-refractivity contribution in [2.24, 2.45) is 0 Å². The largest absolute Gasteiger partial charge is 0.504 e. The zero-order valence-corrected chi connectivity index (χ0v) is 14.3. The van der Waals surface area contributed by atoms with Crippen molar-refractivity contribution in [1.29, 1.82) is 0 Å². The first-order valence-electron chi connectivity index (χ1n) is 7.99. The molecule has 0 unspecified atom stereocenters. The van der Waals surface area contributed by atoms with Crippen LogP contribution in [0.1, 0.15) is 38.2 Å². The number of phenolic OH excluding ortho intramolecular Hbond substituents is 6. The van der Waals surface area contributed by atoms with Crippen LogP contribution in [0.5, 0.6) is 34.5 Å². The van der Waals surface area contributed by atoms with Gasteiger partial charge in [-0.15, -0.1) is 0 Å². The Morgan fingerprint density at radius 1 is 0.704 bits per heavy atom. The summed E-state index contributed by atoms with van der Waals surface area (Å²) in [4.78, 5) is 13.2. The zero-order valence-electron chi connectivity index (χ0n) is 14.3. The highest BCUT2D eigenvalue weighted by molar-refractivity contribution is 6.08. The SMILES string of the molecule is Cc1c(O)c(O)c(O)c2c1CO[C@@]1(OCc3c(C)c(O)c(O)c(O)c31)C2=O. The monoisotopic (exact) mass is 376 g/mol. The van der Waals surface area contributed by atoms with E-state index in [0.717, 1.165) is 0 Å². The van der Waals surface area contributed by atoms with E-state index in [9.17, 15) is 35.4 Å². The van der Waals surface area contributed by atoms with E-state index in [1.54, 1.807) is 0 Å². The summed E-state index contributed by atoms with van der Waals surface area (Å²) in [6, 6.07) is 0. The maximum Gasteiger partial charge on any atom is 0.266 e. The number of Topliss-reactive ketones (excluding diaryl/α,β-unsaturated/α-hetero) is 1. The van der Waals surface area contributed by atoms with E-state index >= 15 is 0 Å². The van der Waals surface area contributed by atoms with Gasteiger partial charge in [0.05, 0.1) is 24.3 Å². The Morgan fingerprint density at radius 3 is 1.78 bits per heavy atom. The van der Waals surface area contributed by atoms with Crippen molar-refractivity contribution in [3.8, 4) is 34.5 Å². The van der Waals surface area contributed by atoms with Crippen molar-refractivity contribution < 1.29 is 44.9 Å². The predicted octanol–water partition coefficient (Wildman–Crippen LogP) is 1.63. The van der Waals surface area contributed by atoms with Gasteiger partial charge in [-0.25, -0.2) is 0 Å². The Bertz CT molecular complexity index is 1040. The van der Waals surface area contributed by atoms with Gasteiger partial charge in [-0.1, -0.05) is 0 Å². The van der Waals surface area contributed by atoms with E-state index in [-0.39, 0.29) is 46.6 Å². The summed E-state index contributed by atoms with van der Waals surface area (Å²) >= 11 is 0. The Hall–Kier alpha value is -3.17. The second kappa shape index (κ2) is 5.18. The molecule has 0 bridgehead atoms. The summed E-state index contributed by atoms with van der Waals surface area (Å²) in [6.45, 7) is 2.43. The van der Waals surface area contributed by atoms with Crippen molar-refractivity contribution in [2.75, 3.05) is 0 Å². The fourth-order valence-corrected chi connectivity index (χ4v) is 3.67. The van der Waals surface area contributed by atoms with Gasteiger partial charge in [0.15, 0.2) is 23.0 Å². The van der Waals surface area contributed by atoms with Crippen molar-refractivity contribution in [3.05, 3.63) is 33.4 Å². The highest BCUT2D eigenvalue weighted by atomic mass is 16.7. The van der Waals surface area contributed by atoms with Crippen LogP contribution < -0.4 is 0 Å². The molecule has 2 aliphatic heterocycles. The maximum atomic E-state index is 13.2. The van der Waals surface area contributed by atoms with Crippen LogP contribution in [0.3, 0.4) is 0 Å². The molecule has 2 aromatic rings. The Morgan fingerprint density at radius 2 is 1.19 bits per heavy atom. The van der Waals surface area contributed by atoms with Crippen LogP contribution in [-0.2, 0) is 28.5 Å². The number of aromatic hydroxyl groups is 6. The van der Waals surface area contributed by atoms with Crippen LogP contribution in [0.15, 0.2) is 0 Å². The number of carbonyl (C=O) groups excluding carboxylic acids is 1. The van der Waals surface area contributed by atoms with Gasteiger partial charge in [-0.05, 0) is 25.0 Å². The minimum Gasteiger partial charge on any atom is -0.504 e. The van der Waals surface area contributed by atoms with Crippen molar-refractivity contribution in [2.45, 2.75) is 32.8 Å². The number of ether oxygens (including phenoxy) is 2. The molecule has 2 heterocycles. The Balaban J connectivity index is 2.01. The van der Waals surface area contributed by atoms with E-state index in [4.69, 9.17) is 9.47 Å². The molecule has 2 aromatic carbocycles. The van der Waals surface area contributed by atoms with E-state index in [2.05, 4.69) is 0 Å². The predicted molar refractivity (Wildman–Crippen MR) is 87.9 cm³/mol. The zero-order chi connectivity index (χ0) is 19.8. The number of hydrogen-bond donors (Lipinski definition) is 6. The summed E-state index contributed by atoms with van der Waals surface area (Å²) in [5.74, 6) is -7.51. The van der Waals surface area contributed by atoms with E-state index in [1.165, 1.54) is 13.8 Å². The molecule has 142 valence electrons. The normalized spacial score (nSPS) is 20.7. The molecule has 0 aromatic heterocycles.